The standard InChI is InChI=1S/C10H14N2O6/c11-8(13)2-1-6(10(15)16)12-9(14)7-5-17-3-4-18-7/h5-6H,1-4H2,(H2,11,13)(H,12,14)(H,15,16). The van der Waals surface area contributed by atoms with Crippen LogP contribution >= 0.6 is 0 Å². The van der Waals surface area contributed by atoms with Crippen LogP contribution in [0.15, 0.2) is 12.0 Å². The second-order valence-electron chi connectivity index (χ2n) is 3.57. The van der Waals surface area contributed by atoms with Crippen molar-refractivity contribution in [2.45, 2.75) is 18.9 Å². The van der Waals surface area contributed by atoms with Crippen LogP contribution in [0.25, 0.3) is 0 Å². The van der Waals surface area contributed by atoms with E-state index in [9.17, 15) is 14.4 Å². The maximum absolute atomic E-state index is 11.6. The van der Waals surface area contributed by atoms with Crippen LogP contribution in [0, 0.1) is 0 Å². The summed E-state index contributed by atoms with van der Waals surface area (Å²) in [7, 11) is 0. The van der Waals surface area contributed by atoms with Crippen LogP contribution in [0.1, 0.15) is 12.8 Å². The average molecular weight is 258 g/mol. The van der Waals surface area contributed by atoms with E-state index in [0.29, 0.717) is 6.61 Å². The molecular formula is C10H14N2O6. The van der Waals surface area contributed by atoms with Gasteiger partial charge in [0.25, 0.3) is 5.91 Å². The molecule has 0 saturated carbocycles. The zero-order valence-electron chi connectivity index (χ0n) is 9.55. The van der Waals surface area contributed by atoms with Crippen LogP contribution in [-0.2, 0) is 23.9 Å². The molecule has 0 aliphatic carbocycles. The Morgan fingerprint density at radius 2 is 2.17 bits per heavy atom. The van der Waals surface area contributed by atoms with Crippen molar-refractivity contribution in [1.29, 1.82) is 0 Å². The molecule has 1 aliphatic heterocycles. The quantitative estimate of drug-likeness (QED) is 0.543. The summed E-state index contributed by atoms with van der Waals surface area (Å²) in [6, 6.07) is -1.20. The van der Waals surface area contributed by atoms with E-state index in [1.165, 1.54) is 0 Å². The Labute approximate surface area is 103 Å². The third-order valence-corrected chi connectivity index (χ3v) is 2.16. The Morgan fingerprint density at radius 3 is 2.67 bits per heavy atom. The van der Waals surface area contributed by atoms with Gasteiger partial charge >= 0.3 is 5.97 Å². The molecule has 2 amide bonds. The normalized spacial score (nSPS) is 15.7. The molecule has 0 fully saturated rings. The molecule has 1 heterocycles. The van der Waals surface area contributed by atoms with Crippen LogP contribution in [0.5, 0.6) is 0 Å². The zero-order chi connectivity index (χ0) is 13.5. The van der Waals surface area contributed by atoms with Crippen molar-refractivity contribution >= 4 is 17.8 Å². The van der Waals surface area contributed by atoms with Crippen molar-refractivity contribution < 1.29 is 29.0 Å². The smallest absolute Gasteiger partial charge is 0.326 e. The van der Waals surface area contributed by atoms with Crippen molar-refractivity contribution in [2.75, 3.05) is 13.2 Å². The third-order valence-electron chi connectivity index (χ3n) is 2.16. The molecule has 18 heavy (non-hydrogen) atoms. The summed E-state index contributed by atoms with van der Waals surface area (Å²) in [5.41, 5.74) is 4.91. The van der Waals surface area contributed by atoms with E-state index in [1.54, 1.807) is 0 Å². The molecule has 1 unspecified atom stereocenters. The highest BCUT2D eigenvalue weighted by molar-refractivity contribution is 5.94. The molecule has 8 heteroatoms. The van der Waals surface area contributed by atoms with Crippen molar-refractivity contribution in [2.24, 2.45) is 5.73 Å². The topological polar surface area (TPSA) is 128 Å². The summed E-state index contributed by atoms with van der Waals surface area (Å²) in [6.45, 7) is 0.555. The number of amides is 2. The van der Waals surface area contributed by atoms with Gasteiger partial charge in [0.15, 0.2) is 0 Å². The average Bonchev–Trinajstić information content (AvgIpc) is 2.34. The monoisotopic (exact) mass is 258 g/mol. The predicted molar refractivity (Wildman–Crippen MR) is 58.0 cm³/mol. The molecule has 4 N–H and O–H groups in total. The number of carbonyl (C=O) groups is 3. The van der Waals surface area contributed by atoms with Gasteiger partial charge < -0.3 is 25.6 Å². The van der Waals surface area contributed by atoms with Crippen LogP contribution < -0.4 is 11.1 Å². The van der Waals surface area contributed by atoms with Gasteiger partial charge in [-0.05, 0) is 6.42 Å². The molecule has 100 valence electrons. The molecule has 0 radical (unpaired) electrons. The molecule has 0 saturated heterocycles. The first kappa shape index (κ1) is 13.8. The first-order chi connectivity index (χ1) is 8.50. The molecule has 1 atom stereocenters. The van der Waals surface area contributed by atoms with Gasteiger partial charge in [-0.2, -0.15) is 0 Å². The van der Waals surface area contributed by atoms with Gasteiger partial charge in [0.2, 0.25) is 11.7 Å². The Kier molecular flexibility index (Phi) is 4.97. The Morgan fingerprint density at radius 1 is 1.44 bits per heavy atom. The predicted octanol–water partition coefficient (Wildman–Crippen LogP) is -1.29. The van der Waals surface area contributed by atoms with Gasteiger partial charge in [-0.25, -0.2) is 4.79 Å². The van der Waals surface area contributed by atoms with Gasteiger partial charge in [0, 0.05) is 6.42 Å². The van der Waals surface area contributed by atoms with Crippen molar-refractivity contribution in [3.63, 3.8) is 0 Å². The van der Waals surface area contributed by atoms with Gasteiger partial charge in [0.1, 0.15) is 25.5 Å². The van der Waals surface area contributed by atoms with Crippen molar-refractivity contribution in [1.82, 2.24) is 5.32 Å². The lowest BCUT2D eigenvalue weighted by Crippen LogP contribution is -2.42. The molecule has 8 nitrogen and oxygen atoms in total. The van der Waals surface area contributed by atoms with E-state index in [1.807, 2.05) is 0 Å². The molecule has 0 aromatic rings. The minimum absolute atomic E-state index is 0.0788. The minimum atomic E-state index is -1.25. The largest absolute Gasteiger partial charge is 0.494 e. The van der Waals surface area contributed by atoms with Crippen LogP contribution in [-0.4, -0.2) is 42.1 Å². The second kappa shape index (κ2) is 6.48. The number of nitrogens with one attached hydrogen (secondary N) is 1. The van der Waals surface area contributed by atoms with E-state index in [-0.39, 0.29) is 25.2 Å². The summed E-state index contributed by atoms with van der Waals surface area (Å²) >= 11 is 0. The van der Waals surface area contributed by atoms with Crippen LogP contribution in [0.4, 0.5) is 0 Å². The molecule has 0 spiro atoms. The highest BCUT2D eigenvalue weighted by Gasteiger charge is 2.24. The zero-order valence-corrected chi connectivity index (χ0v) is 9.55. The number of primary amides is 1. The number of rotatable bonds is 6. The van der Waals surface area contributed by atoms with E-state index >= 15 is 0 Å². The summed E-state index contributed by atoms with van der Waals surface area (Å²) in [5, 5.41) is 11.1. The molecule has 0 bridgehead atoms. The lowest BCUT2D eigenvalue weighted by Gasteiger charge is -2.18. The summed E-state index contributed by atoms with van der Waals surface area (Å²) in [4.78, 5) is 33.0. The number of carboxylic acids is 1. The molecular weight excluding hydrogens is 244 g/mol. The lowest BCUT2D eigenvalue weighted by atomic mass is 10.1. The summed E-state index contributed by atoms with van der Waals surface area (Å²) in [6.07, 6.45) is 0.907. The number of nitrogens with two attached hydrogens (primary N) is 1. The lowest BCUT2D eigenvalue weighted by molar-refractivity contribution is -0.142. The fourth-order valence-electron chi connectivity index (χ4n) is 1.26. The Bertz CT molecular complexity index is 379. The number of carboxylic acid groups (broad SMARTS) is 1. The van der Waals surface area contributed by atoms with E-state index in [2.05, 4.69) is 5.32 Å². The van der Waals surface area contributed by atoms with E-state index in [0.717, 1.165) is 6.26 Å². The van der Waals surface area contributed by atoms with Crippen molar-refractivity contribution in [3.05, 3.63) is 12.0 Å². The van der Waals surface area contributed by atoms with Gasteiger partial charge in [-0.3, -0.25) is 9.59 Å². The minimum Gasteiger partial charge on any atom is -0.494 e. The van der Waals surface area contributed by atoms with E-state index < -0.39 is 23.8 Å². The van der Waals surface area contributed by atoms with Crippen LogP contribution in [0.2, 0.25) is 0 Å². The molecule has 1 rings (SSSR count). The summed E-state index contributed by atoms with van der Waals surface area (Å²) in [5.74, 6) is -2.67. The third kappa shape index (κ3) is 4.32. The Hall–Kier alpha value is -2.25. The second-order valence-corrected chi connectivity index (χ2v) is 3.57. The fraction of sp³-hybridized carbons (Fsp3) is 0.500. The first-order valence-electron chi connectivity index (χ1n) is 5.27. The maximum Gasteiger partial charge on any atom is 0.326 e. The Balaban J connectivity index is 2.54. The van der Waals surface area contributed by atoms with Gasteiger partial charge in [0.05, 0.1) is 0 Å². The number of hydrogen-bond acceptors (Lipinski definition) is 5. The summed E-state index contributed by atoms with van der Waals surface area (Å²) < 4.78 is 9.86. The maximum atomic E-state index is 11.6. The molecule has 0 aromatic carbocycles. The molecule has 0 aromatic heterocycles. The SMILES string of the molecule is NC(=O)CCC(NC(=O)C1=COCCO1)C(=O)O. The highest BCUT2D eigenvalue weighted by atomic mass is 16.6. The molecule has 1 aliphatic rings. The number of hydrogen-bond donors (Lipinski definition) is 3. The number of ether oxygens (including phenoxy) is 2. The van der Waals surface area contributed by atoms with E-state index in [4.69, 9.17) is 20.3 Å². The van der Waals surface area contributed by atoms with Gasteiger partial charge in [-0.1, -0.05) is 0 Å². The number of aliphatic carboxylic acids is 1. The highest BCUT2D eigenvalue weighted by Crippen LogP contribution is 2.06. The number of carbonyl (C=O) groups excluding carboxylic acids is 2. The van der Waals surface area contributed by atoms with Crippen LogP contribution in [0.3, 0.4) is 0 Å². The van der Waals surface area contributed by atoms with Crippen molar-refractivity contribution in [3.8, 4) is 0 Å². The fourth-order valence-corrected chi connectivity index (χ4v) is 1.26. The first-order valence-corrected chi connectivity index (χ1v) is 5.27. The van der Waals surface area contributed by atoms with Gasteiger partial charge in [-0.15, -0.1) is 0 Å².